The van der Waals surface area contributed by atoms with E-state index in [1.54, 1.807) is 0 Å². The summed E-state index contributed by atoms with van der Waals surface area (Å²) in [5.41, 5.74) is 7.32. The van der Waals surface area contributed by atoms with Gasteiger partial charge in [0.05, 0.1) is 5.69 Å². The maximum atomic E-state index is 6.10. The predicted molar refractivity (Wildman–Crippen MR) is 133 cm³/mol. The summed E-state index contributed by atoms with van der Waals surface area (Å²) in [5, 5.41) is 2.04. The first-order valence-electron chi connectivity index (χ1n) is 10.8. The molecule has 0 bridgehead atoms. The first-order chi connectivity index (χ1) is 15.7. The van der Waals surface area contributed by atoms with Gasteiger partial charge in [0.25, 0.3) is 0 Å². The zero-order chi connectivity index (χ0) is 21.9. The van der Waals surface area contributed by atoms with Gasteiger partial charge in [-0.05, 0) is 71.6 Å². The summed E-state index contributed by atoms with van der Waals surface area (Å²) in [4.78, 5) is 0. The van der Waals surface area contributed by atoms with E-state index in [1.807, 2.05) is 30.3 Å². The Hall–Kier alpha value is -3.49. The van der Waals surface area contributed by atoms with Crippen LogP contribution in [0.4, 0.5) is 0 Å². The third-order valence-corrected chi connectivity index (χ3v) is 6.11. The topological polar surface area (TPSA) is 14.2 Å². The number of nitrogens with zero attached hydrogens (tertiary/aromatic N) is 1. The summed E-state index contributed by atoms with van der Waals surface area (Å²) in [7, 11) is 0. The van der Waals surface area contributed by atoms with Crippen molar-refractivity contribution in [3.8, 4) is 17.0 Å². The molecule has 5 aromatic rings. The zero-order valence-corrected chi connectivity index (χ0v) is 18.7. The molecule has 0 atom stereocenters. The molecular weight excluding hydrogens is 414 g/mol. The van der Waals surface area contributed by atoms with Crippen LogP contribution in [0.5, 0.6) is 5.75 Å². The SMILES string of the molecule is Cc1c(-c2ccc(OCc3ccccc3)cc2)n(Cc2ccc(Cl)cc2)c2ccccc12. The van der Waals surface area contributed by atoms with Crippen molar-refractivity contribution in [3.05, 3.63) is 125 Å². The molecule has 0 aliphatic heterocycles. The van der Waals surface area contributed by atoms with Gasteiger partial charge in [0.1, 0.15) is 12.4 Å². The minimum absolute atomic E-state index is 0.566. The highest BCUT2D eigenvalue weighted by Crippen LogP contribution is 2.35. The lowest BCUT2D eigenvalue weighted by molar-refractivity contribution is 0.306. The van der Waals surface area contributed by atoms with Gasteiger partial charge in [-0.25, -0.2) is 0 Å². The molecule has 0 unspecified atom stereocenters. The Morgan fingerprint density at radius 3 is 2.16 bits per heavy atom. The molecule has 0 saturated carbocycles. The van der Waals surface area contributed by atoms with Gasteiger partial charge >= 0.3 is 0 Å². The number of para-hydroxylation sites is 1. The first kappa shape index (κ1) is 20.4. The van der Waals surface area contributed by atoms with E-state index >= 15 is 0 Å². The number of benzene rings is 4. The van der Waals surface area contributed by atoms with Crippen molar-refractivity contribution in [3.63, 3.8) is 0 Å². The molecule has 0 radical (unpaired) electrons. The second-order valence-electron chi connectivity index (χ2n) is 8.00. The van der Waals surface area contributed by atoms with Crippen LogP contribution < -0.4 is 4.74 Å². The van der Waals surface area contributed by atoms with Gasteiger partial charge in [0, 0.05) is 22.5 Å². The van der Waals surface area contributed by atoms with Crippen molar-refractivity contribution in [2.24, 2.45) is 0 Å². The normalized spacial score (nSPS) is 11.1. The molecule has 0 fully saturated rings. The molecule has 1 aromatic heterocycles. The Bertz CT molecular complexity index is 1340. The molecule has 0 aliphatic rings. The van der Waals surface area contributed by atoms with Gasteiger partial charge in [-0.1, -0.05) is 72.3 Å². The Morgan fingerprint density at radius 1 is 0.719 bits per heavy atom. The van der Waals surface area contributed by atoms with E-state index in [2.05, 4.69) is 84.3 Å². The Labute approximate surface area is 193 Å². The van der Waals surface area contributed by atoms with Gasteiger partial charge in [0.15, 0.2) is 0 Å². The van der Waals surface area contributed by atoms with Crippen LogP contribution >= 0.6 is 11.6 Å². The molecule has 1 heterocycles. The number of fused-ring (bicyclic) bond motifs is 1. The largest absolute Gasteiger partial charge is 0.489 e. The summed E-state index contributed by atoms with van der Waals surface area (Å²) in [6.45, 7) is 3.55. The van der Waals surface area contributed by atoms with E-state index in [4.69, 9.17) is 16.3 Å². The number of aryl methyl sites for hydroxylation is 1. The van der Waals surface area contributed by atoms with Crippen molar-refractivity contribution in [1.29, 1.82) is 0 Å². The van der Waals surface area contributed by atoms with Gasteiger partial charge in [0.2, 0.25) is 0 Å². The molecule has 0 N–H and O–H groups in total. The van der Waals surface area contributed by atoms with Gasteiger partial charge in [-0.15, -0.1) is 0 Å². The highest BCUT2D eigenvalue weighted by molar-refractivity contribution is 6.30. The van der Waals surface area contributed by atoms with E-state index in [-0.39, 0.29) is 0 Å². The van der Waals surface area contributed by atoms with Crippen LogP contribution in [0.2, 0.25) is 5.02 Å². The maximum absolute atomic E-state index is 6.10. The second kappa shape index (κ2) is 8.94. The smallest absolute Gasteiger partial charge is 0.119 e. The minimum atomic E-state index is 0.566. The molecule has 4 aromatic carbocycles. The fourth-order valence-corrected chi connectivity index (χ4v) is 4.36. The van der Waals surface area contributed by atoms with Crippen molar-refractivity contribution in [2.45, 2.75) is 20.1 Å². The molecule has 0 saturated heterocycles. The summed E-state index contributed by atoms with van der Waals surface area (Å²) in [6, 6.07) is 35.3. The molecule has 0 spiro atoms. The lowest BCUT2D eigenvalue weighted by atomic mass is 10.1. The van der Waals surface area contributed by atoms with Gasteiger partial charge in [-0.3, -0.25) is 0 Å². The van der Waals surface area contributed by atoms with Crippen LogP contribution in [-0.4, -0.2) is 4.57 Å². The summed E-state index contributed by atoms with van der Waals surface area (Å²) in [6.07, 6.45) is 0. The van der Waals surface area contributed by atoms with Crippen molar-refractivity contribution in [1.82, 2.24) is 4.57 Å². The summed E-state index contributed by atoms with van der Waals surface area (Å²) in [5.74, 6) is 0.871. The van der Waals surface area contributed by atoms with E-state index in [0.717, 1.165) is 22.9 Å². The third-order valence-electron chi connectivity index (χ3n) is 5.85. The van der Waals surface area contributed by atoms with Crippen LogP contribution in [-0.2, 0) is 13.2 Å². The van der Waals surface area contributed by atoms with Crippen LogP contribution in [0.3, 0.4) is 0 Å². The van der Waals surface area contributed by atoms with Crippen LogP contribution in [0.15, 0.2) is 103 Å². The molecule has 2 nitrogen and oxygen atoms in total. The lowest BCUT2D eigenvalue weighted by Crippen LogP contribution is -2.02. The van der Waals surface area contributed by atoms with Gasteiger partial charge in [-0.2, -0.15) is 0 Å². The van der Waals surface area contributed by atoms with Crippen molar-refractivity contribution in [2.75, 3.05) is 0 Å². The Balaban J connectivity index is 1.49. The molecule has 32 heavy (non-hydrogen) atoms. The standard InChI is InChI=1S/C29H24ClNO/c1-21-27-9-5-6-10-28(27)31(19-22-11-15-25(30)16-12-22)29(21)24-13-17-26(18-14-24)32-20-23-7-3-2-4-8-23/h2-18H,19-20H2,1H3. The van der Waals surface area contributed by atoms with E-state index in [0.29, 0.717) is 6.61 Å². The van der Waals surface area contributed by atoms with Crippen LogP contribution in [0.25, 0.3) is 22.2 Å². The molecular formula is C29H24ClNO. The highest BCUT2D eigenvalue weighted by atomic mass is 35.5. The monoisotopic (exact) mass is 437 g/mol. The van der Waals surface area contributed by atoms with Crippen molar-refractivity contribution < 1.29 is 4.74 Å². The highest BCUT2D eigenvalue weighted by Gasteiger charge is 2.16. The molecule has 0 amide bonds. The molecule has 158 valence electrons. The average Bonchev–Trinajstić information content (AvgIpc) is 3.12. The number of rotatable bonds is 6. The fraction of sp³-hybridized carbons (Fsp3) is 0.103. The van der Waals surface area contributed by atoms with E-state index in [9.17, 15) is 0 Å². The van der Waals surface area contributed by atoms with Gasteiger partial charge < -0.3 is 9.30 Å². The van der Waals surface area contributed by atoms with Crippen LogP contribution in [0, 0.1) is 6.92 Å². The number of hydrogen-bond acceptors (Lipinski definition) is 1. The predicted octanol–water partition coefficient (Wildman–Crippen LogP) is 7.90. The van der Waals surface area contributed by atoms with Crippen LogP contribution in [0.1, 0.15) is 16.7 Å². The minimum Gasteiger partial charge on any atom is -0.489 e. The maximum Gasteiger partial charge on any atom is 0.119 e. The molecule has 5 rings (SSSR count). The second-order valence-corrected chi connectivity index (χ2v) is 8.44. The van der Waals surface area contributed by atoms with E-state index in [1.165, 1.54) is 33.3 Å². The van der Waals surface area contributed by atoms with Crippen molar-refractivity contribution >= 4 is 22.5 Å². The van der Waals surface area contributed by atoms with E-state index < -0.39 is 0 Å². The number of aromatic nitrogens is 1. The number of hydrogen-bond donors (Lipinski definition) is 0. The Morgan fingerprint density at radius 2 is 1.41 bits per heavy atom. The fourth-order valence-electron chi connectivity index (χ4n) is 4.24. The number of ether oxygens (including phenoxy) is 1. The summed E-state index contributed by atoms with van der Waals surface area (Å²) < 4.78 is 8.39. The summed E-state index contributed by atoms with van der Waals surface area (Å²) >= 11 is 6.10. The molecule has 3 heteroatoms. The number of halogens is 1. The average molecular weight is 438 g/mol. The zero-order valence-electron chi connectivity index (χ0n) is 18.0. The molecule has 0 aliphatic carbocycles. The Kier molecular flexibility index (Phi) is 5.70. The lowest BCUT2D eigenvalue weighted by Gasteiger charge is -2.13. The quantitative estimate of drug-likeness (QED) is 0.263. The first-order valence-corrected chi connectivity index (χ1v) is 11.2. The third kappa shape index (κ3) is 4.15.